The number of aromatic nitrogens is 6. The first-order valence-electron chi connectivity index (χ1n) is 7.70. The van der Waals surface area contributed by atoms with Gasteiger partial charge in [0.05, 0.1) is 18.4 Å². The quantitative estimate of drug-likeness (QED) is 0.642. The van der Waals surface area contributed by atoms with Crippen LogP contribution < -0.4 is 15.8 Å². The highest BCUT2D eigenvalue weighted by atomic mass is 19.4. The van der Waals surface area contributed by atoms with Gasteiger partial charge in [0.15, 0.2) is 5.82 Å². The van der Waals surface area contributed by atoms with Gasteiger partial charge in [0.25, 0.3) is 0 Å². The molecule has 1 aromatic carbocycles. The summed E-state index contributed by atoms with van der Waals surface area (Å²) in [5.41, 5.74) is 3.41. The van der Waals surface area contributed by atoms with Gasteiger partial charge < -0.3 is 15.8 Å². The number of anilines is 2. The molecule has 0 saturated heterocycles. The maximum Gasteiger partial charge on any atom is 0.422 e. The van der Waals surface area contributed by atoms with E-state index >= 15 is 0 Å². The summed E-state index contributed by atoms with van der Waals surface area (Å²) in [7, 11) is 3.97. The number of methoxy groups -OCH3 is 1. The normalized spacial score (nSPS) is 11.5. The van der Waals surface area contributed by atoms with Gasteiger partial charge in [-0.1, -0.05) is 0 Å². The Kier molecular flexibility index (Phi) is 4.75. The third-order valence-electron chi connectivity index (χ3n) is 3.85. The fraction of sp³-hybridized carbons (Fsp3) is 0.267. The Bertz CT molecular complexity index is 1030. The molecule has 2 aromatic heterocycles. The van der Waals surface area contributed by atoms with E-state index < -0.39 is 35.0 Å². The van der Waals surface area contributed by atoms with Crippen molar-refractivity contribution in [2.24, 2.45) is 7.05 Å². The summed E-state index contributed by atoms with van der Waals surface area (Å²) >= 11 is 0. The van der Waals surface area contributed by atoms with Gasteiger partial charge in [0.1, 0.15) is 22.9 Å². The average molecular weight is 398 g/mol. The highest BCUT2D eigenvalue weighted by molar-refractivity contribution is 5.78. The minimum atomic E-state index is -4.84. The molecule has 0 radical (unpaired) electrons. The zero-order valence-electron chi connectivity index (χ0n) is 14.8. The van der Waals surface area contributed by atoms with Gasteiger partial charge in [-0.2, -0.15) is 18.2 Å². The molecule has 0 spiro atoms. The lowest BCUT2D eigenvalue weighted by Crippen LogP contribution is -2.16. The fourth-order valence-electron chi connectivity index (χ4n) is 2.66. The number of nitrogens with one attached hydrogen (secondary N) is 1. The molecule has 0 amide bonds. The first kappa shape index (κ1) is 19.3. The first-order chi connectivity index (χ1) is 13.2. The van der Waals surface area contributed by atoms with Gasteiger partial charge in [-0.15, -0.1) is 5.10 Å². The standard InChI is InChI=1S/C15H14F4N8O/c1-21-12-10(15(17,18)19)11(22-14(20)23-12)7-4-8(16)6(5-9(7)28-3)13-24-25-26-27(13)2/h4-5H,1-3H3,(H3,20,21,22,23). The highest BCUT2D eigenvalue weighted by Gasteiger charge is 2.39. The molecule has 9 nitrogen and oxygen atoms in total. The van der Waals surface area contributed by atoms with Gasteiger partial charge in [0.2, 0.25) is 5.95 Å². The monoisotopic (exact) mass is 398 g/mol. The van der Waals surface area contributed by atoms with Crippen LogP contribution in [0.15, 0.2) is 12.1 Å². The summed E-state index contributed by atoms with van der Waals surface area (Å²) in [6.45, 7) is 0. The molecule has 2 heterocycles. The van der Waals surface area contributed by atoms with Gasteiger partial charge in [-0.3, -0.25) is 0 Å². The van der Waals surface area contributed by atoms with E-state index in [9.17, 15) is 17.6 Å². The molecule has 0 bridgehead atoms. The molecule has 13 heteroatoms. The average Bonchev–Trinajstić information content (AvgIpc) is 3.05. The van der Waals surface area contributed by atoms with Crippen LogP contribution in [-0.2, 0) is 13.2 Å². The number of tetrazole rings is 1. The predicted octanol–water partition coefficient (Wildman–Crippen LogP) is 2.12. The van der Waals surface area contributed by atoms with Gasteiger partial charge >= 0.3 is 6.18 Å². The topological polar surface area (TPSA) is 117 Å². The summed E-state index contributed by atoms with van der Waals surface area (Å²) in [6, 6.07) is 2.05. The molecule has 3 rings (SSSR count). The highest BCUT2D eigenvalue weighted by Crippen LogP contribution is 2.44. The molecule has 0 atom stereocenters. The molecule has 3 N–H and O–H groups in total. The van der Waals surface area contributed by atoms with Gasteiger partial charge in [-0.25, -0.2) is 14.1 Å². The molecule has 0 unspecified atom stereocenters. The van der Waals surface area contributed by atoms with Crippen LogP contribution in [0.3, 0.4) is 0 Å². The number of hydrogen-bond acceptors (Lipinski definition) is 8. The van der Waals surface area contributed by atoms with E-state index in [0.29, 0.717) is 0 Å². The molecule has 148 valence electrons. The van der Waals surface area contributed by atoms with Crippen LogP contribution in [0.5, 0.6) is 5.75 Å². The van der Waals surface area contributed by atoms with Crippen LogP contribution in [0.2, 0.25) is 0 Å². The maximum absolute atomic E-state index is 14.8. The molecule has 0 aliphatic rings. The Labute approximate surface area is 155 Å². The smallest absolute Gasteiger partial charge is 0.422 e. The number of ether oxygens (including phenoxy) is 1. The van der Waals surface area contributed by atoms with Crippen LogP contribution in [0, 0.1) is 5.82 Å². The summed E-state index contributed by atoms with van der Waals surface area (Å²) in [5, 5.41) is 13.0. The zero-order chi connectivity index (χ0) is 20.6. The number of alkyl halides is 3. The number of nitrogen functional groups attached to an aromatic ring is 1. The van der Waals surface area contributed by atoms with E-state index in [1.807, 2.05) is 0 Å². The minimum Gasteiger partial charge on any atom is -0.496 e. The van der Waals surface area contributed by atoms with E-state index in [0.717, 1.165) is 6.07 Å². The number of rotatable bonds is 4. The van der Waals surface area contributed by atoms with Crippen molar-refractivity contribution in [2.45, 2.75) is 6.18 Å². The van der Waals surface area contributed by atoms with Crippen molar-refractivity contribution in [3.05, 3.63) is 23.5 Å². The second kappa shape index (κ2) is 6.90. The lowest BCUT2D eigenvalue weighted by Gasteiger charge is -2.18. The van der Waals surface area contributed by atoms with Gasteiger partial charge in [-0.05, 0) is 22.6 Å². The molecular weight excluding hydrogens is 384 g/mol. The third kappa shape index (κ3) is 3.25. The van der Waals surface area contributed by atoms with Crippen molar-refractivity contribution in [1.82, 2.24) is 30.2 Å². The fourth-order valence-corrected chi connectivity index (χ4v) is 2.66. The van der Waals surface area contributed by atoms with Crippen molar-refractivity contribution in [1.29, 1.82) is 0 Å². The molecular formula is C15H14F4N8O. The van der Waals surface area contributed by atoms with Crippen LogP contribution >= 0.6 is 0 Å². The molecule has 28 heavy (non-hydrogen) atoms. The van der Waals surface area contributed by atoms with E-state index in [4.69, 9.17) is 10.5 Å². The Morgan fingerprint density at radius 3 is 2.43 bits per heavy atom. The molecule has 0 aliphatic carbocycles. The largest absolute Gasteiger partial charge is 0.496 e. The van der Waals surface area contributed by atoms with E-state index in [1.165, 1.54) is 32.0 Å². The number of benzene rings is 1. The Balaban J connectivity index is 2.32. The molecule has 0 aliphatic heterocycles. The molecule has 0 saturated carbocycles. The predicted molar refractivity (Wildman–Crippen MR) is 90.7 cm³/mol. The van der Waals surface area contributed by atoms with Crippen molar-refractivity contribution < 1.29 is 22.3 Å². The van der Waals surface area contributed by atoms with Crippen LogP contribution in [0.4, 0.5) is 29.3 Å². The van der Waals surface area contributed by atoms with Crippen molar-refractivity contribution >= 4 is 11.8 Å². The Morgan fingerprint density at radius 2 is 1.89 bits per heavy atom. The molecule has 0 fully saturated rings. The second-order valence-electron chi connectivity index (χ2n) is 5.56. The van der Waals surface area contributed by atoms with Crippen molar-refractivity contribution in [2.75, 3.05) is 25.2 Å². The maximum atomic E-state index is 14.8. The Hall–Kier alpha value is -3.51. The first-order valence-corrected chi connectivity index (χ1v) is 7.70. The van der Waals surface area contributed by atoms with Crippen molar-refractivity contribution in [3.63, 3.8) is 0 Å². The van der Waals surface area contributed by atoms with E-state index in [2.05, 4.69) is 30.8 Å². The third-order valence-corrected chi connectivity index (χ3v) is 3.85. The number of nitrogens with two attached hydrogens (primary N) is 1. The lowest BCUT2D eigenvalue weighted by atomic mass is 10.0. The summed E-state index contributed by atoms with van der Waals surface area (Å²) < 4.78 is 62.2. The molecule has 3 aromatic rings. The second-order valence-corrected chi connectivity index (χ2v) is 5.56. The summed E-state index contributed by atoms with van der Waals surface area (Å²) in [5.74, 6) is -1.85. The van der Waals surface area contributed by atoms with Crippen LogP contribution in [0.25, 0.3) is 22.6 Å². The van der Waals surface area contributed by atoms with Crippen LogP contribution in [-0.4, -0.2) is 44.3 Å². The number of nitrogens with zero attached hydrogens (tertiary/aromatic N) is 6. The van der Waals surface area contributed by atoms with E-state index in [1.54, 1.807) is 0 Å². The number of halogens is 4. The lowest BCUT2D eigenvalue weighted by molar-refractivity contribution is -0.136. The number of aryl methyl sites for hydroxylation is 1. The number of hydrogen-bond donors (Lipinski definition) is 2. The van der Waals surface area contributed by atoms with E-state index in [-0.39, 0.29) is 22.7 Å². The van der Waals surface area contributed by atoms with Crippen LogP contribution in [0.1, 0.15) is 5.56 Å². The minimum absolute atomic E-state index is 0.0578. The van der Waals surface area contributed by atoms with Gasteiger partial charge in [0, 0.05) is 19.7 Å². The summed E-state index contributed by atoms with van der Waals surface area (Å²) in [6.07, 6.45) is -4.84. The SMILES string of the molecule is CNc1nc(N)nc(-c2cc(F)c(-c3nnnn3C)cc2OC)c1C(F)(F)F. The van der Waals surface area contributed by atoms with Crippen molar-refractivity contribution in [3.8, 4) is 28.4 Å². The Morgan fingerprint density at radius 1 is 1.18 bits per heavy atom. The summed E-state index contributed by atoms with van der Waals surface area (Å²) in [4.78, 5) is 7.26. The zero-order valence-corrected chi connectivity index (χ0v) is 14.8.